The molecule has 0 heterocycles. The Morgan fingerprint density at radius 3 is 2.10 bits per heavy atom. The monoisotopic (exact) mass is 315 g/mol. The second-order valence-electron chi connectivity index (χ2n) is 5.01. The van der Waals surface area contributed by atoms with Crippen molar-refractivity contribution in [3.05, 3.63) is 35.4 Å². The molecular formula is C14H21NO5S. The van der Waals surface area contributed by atoms with E-state index in [0.29, 0.717) is 18.4 Å². The molecule has 1 rings (SSSR count). The van der Waals surface area contributed by atoms with Crippen LogP contribution in [-0.4, -0.2) is 36.7 Å². The number of aromatic carboxylic acids is 1. The molecule has 0 saturated carbocycles. The first-order valence-electron chi connectivity index (χ1n) is 6.72. The molecule has 6 nitrogen and oxygen atoms in total. The molecule has 21 heavy (non-hydrogen) atoms. The number of rotatable bonds is 8. The molecule has 3 N–H and O–H groups in total. The number of carbonyl (C=O) groups is 1. The van der Waals surface area contributed by atoms with Gasteiger partial charge in [0.1, 0.15) is 0 Å². The van der Waals surface area contributed by atoms with Crippen LogP contribution in [0.1, 0.15) is 42.6 Å². The van der Waals surface area contributed by atoms with Crippen molar-refractivity contribution in [1.82, 2.24) is 4.72 Å². The molecule has 0 radical (unpaired) electrons. The first-order chi connectivity index (χ1) is 9.77. The van der Waals surface area contributed by atoms with Crippen LogP contribution in [-0.2, 0) is 15.8 Å². The molecule has 1 aromatic carbocycles. The summed E-state index contributed by atoms with van der Waals surface area (Å²) in [5.41, 5.74) is -0.248. The van der Waals surface area contributed by atoms with E-state index in [0.717, 1.165) is 0 Å². The molecule has 0 aliphatic heterocycles. The summed E-state index contributed by atoms with van der Waals surface area (Å²) in [6.45, 7) is 3.35. The third-order valence-corrected chi connectivity index (χ3v) is 5.04. The van der Waals surface area contributed by atoms with Gasteiger partial charge in [-0.05, 0) is 30.5 Å². The fourth-order valence-electron chi connectivity index (χ4n) is 1.98. The summed E-state index contributed by atoms with van der Waals surface area (Å²) in [7, 11) is -3.62. The molecule has 0 aromatic heterocycles. The van der Waals surface area contributed by atoms with Crippen molar-refractivity contribution in [2.75, 3.05) is 6.61 Å². The maximum absolute atomic E-state index is 12.2. The predicted octanol–water partition coefficient (Wildman–Crippen LogP) is 1.36. The summed E-state index contributed by atoms with van der Waals surface area (Å²) in [5.74, 6) is -1.31. The first-order valence-corrected chi connectivity index (χ1v) is 8.37. The number of hydrogen-bond donors (Lipinski definition) is 3. The van der Waals surface area contributed by atoms with Crippen LogP contribution in [0.5, 0.6) is 0 Å². The molecule has 0 atom stereocenters. The minimum absolute atomic E-state index is 0.107. The van der Waals surface area contributed by atoms with Crippen molar-refractivity contribution in [1.29, 1.82) is 0 Å². The topological polar surface area (TPSA) is 104 Å². The number of benzene rings is 1. The molecular weight excluding hydrogens is 294 g/mol. The molecule has 0 aliphatic rings. The highest BCUT2D eigenvalue weighted by atomic mass is 32.2. The number of carboxylic acid groups (broad SMARTS) is 1. The van der Waals surface area contributed by atoms with Crippen molar-refractivity contribution in [3.63, 3.8) is 0 Å². The Bertz CT molecular complexity index is 568. The summed E-state index contributed by atoms with van der Waals surface area (Å²) in [6, 6.07) is 5.68. The van der Waals surface area contributed by atoms with E-state index in [9.17, 15) is 18.3 Å². The number of carboxylic acids is 1. The van der Waals surface area contributed by atoms with Crippen LogP contribution >= 0.6 is 0 Å². The highest BCUT2D eigenvalue weighted by Crippen LogP contribution is 2.17. The van der Waals surface area contributed by atoms with Gasteiger partial charge in [-0.3, -0.25) is 0 Å². The molecule has 0 amide bonds. The number of sulfonamides is 1. The van der Waals surface area contributed by atoms with Crippen LogP contribution in [0.15, 0.2) is 24.3 Å². The minimum atomic E-state index is -3.62. The van der Waals surface area contributed by atoms with Crippen molar-refractivity contribution in [2.45, 2.75) is 38.0 Å². The summed E-state index contributed by atoms with van der Waals surface area (Å²) in [4.78, 5) is 10.7. The molecule has 0 spiro atoms. The molecule has 7 heteroatoms. The second kappa shape index (κ2) is 7.02. The number of nitrogens with one attached hydrogen (secondary N) is 1. The van der Waals surface area contributed by atoms with Crippen molar-refractivity contribution < 1.29 is 23.4 Å². The Morgan fingerprint density at radius 1 is 1.19 bits per heavy atom. The van der Waals surface area contributed by atoms with Gasteiger partial charge in [0, 0.05) is 0 Å². The Hall–Kier alpha value is -1.44. The van der Waals surface area contributed by atoms with Crippen LogP contribution in [0.25, 0.3) is 0 Å². The van der Waals surface area contributed by atoms with Crippen molar-refractivity contribution in [2.24, 2.45) is 0 Å². The van der Waals surface area contributed by atoms with Crippen LogP contribution in [0.3, 0.4) is 0 Å². The minimum Gasteiger partial charge on any atom is -0.478 e. The number of aliphatic hydroxyl groups is 1. The first kappa shape index (κ1) is 17.6. The zero-order chi connectivity index (χ0) is 16.1. The van der Waals surface area contributed by atoms with E-state index in [1.54, 1.807) is 0 Å². The lowest BCUT2D eigenvalue weighted by Gasteiger charge is -2.30. The van der Waals surface area contributed by atoms with E-state index >= 15 is 0 Å². The van der Waals surface area contributed by atoms with Crippen molar-refractivity contribution in [3.8, 4) is 0 Å². The van der Waals surface area contributed by atoms with Crippen molar-refractivity contribution >= 4 is 16.0 Å². The van der Waals surface area contributed by atoms with Crippen LogP contribution in [0.4, 0.5) is 0 Å². The van der Waals surface area contributed by atoms with E-state index in [-0.39, 0.29) is 17.9 Å². The Kier molecular flexibility index (Phi) is 5.88. The Labute approximate surface area is 124 Å². The van der Waals surface area contributed by atoms with Gasteiger partial charge < -0.3 is 10.2 Å². The van der Waals surface area contributed by atoms with Gasteiger partial charge in [-0.15, -0.1) is 0 Å². The Balaban J connectivity index is 2.87. The summed E-state index contributed by atoms with van der Waals surface area (Å²) in [5, 5.41) is 18.2. The van der Waals surface area contributed by atoms with Gasteiger partial charge in [0.2, 0.25) is 10.0 Å². The fraction of sp³-hybridized carbons (Fsp3) is 0.500. The van der Waals surface area contributed by atoms with Gasteiger partial charge >= 0.3 is 5.97 Å². The molecule has 1 aromatic rings. The smallest absolute Gasteiger partial charge is 0.335 e. The average Bonchev–Trinajstić information content (AvgIpc) is 2.45. The summed E-state index contributed by atoms with van der Waals surface area (Å²) >= 11 is 0. The highest BCUT2D eigenvalue weighted by molar-refractivity contribution is 7.88. The van der Waals surface area contributed by atoms with E-state index in [1.807, 2.05) is 13.8 Å². The Morgan fingerprint density at radius 2 is 1.71 bits per heavy atom. The molecule has 0 aliphatic carbocycles. The lowest BCUT2D eigenvalue weighted by molar-refractivity contribution is 0.0697. The molecule has 118 valence electrons. The molecule has 0 unspecified atom stereocenters. The zero-order valence-corrected chi connectivity index (χ0v) is 13.0. The molecule has 0 saturated heterocycles. The van der Waals surface area contributed by atoms with Gasteiger partial charge in [-0.2, -0.15) is 0 Å². The maximum atomic E-state index is 12.2. The van der Waals surface area contributed by atoms with Gasteiger partial charge in [0.25, 0.3) is 0 Å². The van der Waals surface area contributed by atoms with E-state index in [2.05, 4.69) is 4.72 Å². The maximum Gasteiger partial charge on any atom is 0.335 e. The summed E-state index contributed by atoms with van der Waals surface area (Å²) < 4.78 is 26.9. The van der Waals surface area contributed by atoms with Gasteiger partial charge in [-0.1, -0.05) is 26.0 Å². The lowest BCUT2D eigenvalue weighted by atomic mass is 9.96. The molecule has 0 bridgehead atoms. The average molecular weight is 315 g/mol. The third-order valence-electron chi connectivity index (χ3n) is 3.59. The van der Waals surface area contributed by atoms with E-state index in [4.69, 9.17) is 5.11 Å². The van der Waals surface area contributed by atoms with Gasteiger partial charge in [0.05, 0.1) is 23.5 Å². The largest absolute Gasteiger partial charge is 0.478 e. The van der Waals surface area contributed by atoms with E-state index in [1.165, 1.54) is 24.3 Å². The summed E-state index contributed by atoms with van der Waals surface area (Å²) in [6.07, 6.45) is 0.967. The van der Waals surface area contributed by atoms with Crippen LogP contribution in [0.2, 0.25) is 0 Å². The lowest BCUT2D eigenvalue weighted by Crippen LogP contribution is -2.50. The number of aliphatic hydroxyl groups excluding tert-OH is 1. The van der Waals surface area contributed by atoms with Crippen LogP contribution < -0.4 is 4.72 Å². The highest BCUT2D eigenvalue weighted by Gasteiger charge is 2.30. The normalized spacial score (nSPS) is 12.3. The fourth-order valence-corrected chi connectivity index (χ4v) is 3.70. The van der Waals surface area contributed by atoms with E-state index < -0.39 is 21.5 Å². The zero-order valence-electron chi connectivity index (χ0n) is 12.2. The standard InChI is InChI=1S/C14H21NO5S/c1-3-14(4-2,10-16)15-21(19,20)9-11-5-7-12(8-6-11)13(17)18/h5-8,15-16H,3-4,9-10H2,1-2H3,(H,17,18). The SMILES string of the molecule is CCC(CC)(CO)NS(=O)(=O)Cc1ccc(C(=O)O)cc1. The van der Waals surface area contributed by atoms with Gasteiger partial charge in [0.15, 0.2) is 0 Å². The predicted molar refractivity (Wildman–Crippen MR) is 79.6 cm³/mol. The number of hydrogen-bond acceptors (Lipinski definition) is 4. The third kappa shape index (κ3) is 4.80. The van der Waals surface area contributed by atoms with Crippen LogP contribution in [0, 0.1) is 0 Å². The second-order valence-corrected chi connectivity index (χ2v) is 6.73. The van der Waals surface area contributed by atoms with Gasteiger partial charge in [-0.25, -0.2) is 17.9 Å². The molecule has 0 fully saturated rings. The quantitative estimate of drug-likeness (QED) is 0.672.